The lowest BCUT2D eigenvalue weighted by atomic mass is 10.1. The molecule has 0 aromatic rings. The van der Waals surface area contributed by atoms with Gasteiger partial charge in [-0.05, 0) is 31.2 Å². The zero-order valence-corrected chi connectivity index (χ0v) is 18.5. The molecule has 0 aromatic carbocycles. The van der Waals surface area contributed by atoms with E-state index in [1.807, 2.05) is 12.2 Å². The Morgan fingerprint density at radius 1 is 0.519 bits per heavy atom. The highest BCUT2D eigenvalue weighted by Gasteiger charge is 2.00. The van der Waals surface area contributed by atoms with Gasteiger partial charge in [-0.3, -0.25) is 4.79 Å². The van der Waals surface area contributed by atoms with E-state index in [0.717, 1.165) is 19.4 Å². The summed E-state index contributed by atoms with van der Waals surface area (Å²) in [5.41, 5.74) is 0. The van der Waals surface area contributed by atoms with Gasteiger partial charge in [0, 0.05) is 13.1 Å². The molecule has 0 aromatic heterocycles. The van der Waals surface area contributed by atoms with Crippen LogP contribution in [0.3, 0.4) is 0 Å². The minimum atomic E-state index is 0.839. The van der Waals surface area contributed by atoms with E-state index in [0.29, 0.717) is 0 Å². The third kappa shape index (κ3) is 21.1. The van der Waals surface area contributed by atoms with Gasteiger partial charge in [0.15, 0.2) is 0 Å². The minimum Gasteiger partial charge on any atom is -0.377 e. The molecule has 0 atom stereocenters. The van der Waals surface area contributed by atoms with Gasteiger partial charge in [0.2, 0.25) is 0 Å². The summed E-state index contributed by atoms with van der Waals surface area (Å²) in [5.74, 6) is 0. The maximum Gasteiger partial charge on any atom is 0.142 e. The van der Waals surface area contributed by atoms with E-state index in [1.54, 1.807) is 6.08 Å². The highest BCUT2D eigenvalue weighted by molar-refractivity contribution is 5.65. The van der Waals surface area contributed by atoms with Crippen molar-refractivity contribution in [3.8, 4) is 0 Å². The van der Waals surface area contributed by atoms with Crippen LogP contribution in [0.2, 0.25) is 0 Å². The number of allylic oxidation sites excluding steroid dienone is 3. The quantitative estimate of drug-likeness (QED) is 0.0878. The molecule has 0 saturated carbocycles. The van der Waals surface area contributed by atoms with Crippen LogP contribution in [-0.4, -0.2) is 24.3 Å². The minimum absolute atomic E-state index is 0.839. The Hall–Kier alpha value is -1.05. The second-order valence-electron chi connectivity index (χ2n) is 7.85. The third-order valence-corrected chi connectivity index (χ3v) is 5.20. The summed E-state index contributed by atoms with van der Waals surface area (Å²) in [5, 5.41) is 0. The van der Waals surface area contributed by atoms with Gasteiger partial charge in [0.25, 0.3) is 0 Å². The van der Waals surface area contributed by atoms with Gasteiger partial charge in [-0.15, -0.1) is 0 Å². The molecule has 0 N–H and O–H groups in total. The molecule has 0 rings (SSSR count). The van der Waals surface area contributed by atoms with Crippen LogP contribution < -0.4 is 0 Å². The highest BCUT2D eigenvalue weighted by atomic mass is 16.1. The first-order valence-electron chi connectivity index (χ1n) is 11.9. The first-order valence-corrected chi connectivity index (χ1v) is 11.9. The molecule has 0 aliphatic rings. The summed E-state index contributed by atoms with van der Waals surface area (Å²) in [6.07, 6.45) is 30.3. The fourth-order valence-electron chi connectivity index (χ4n) is 3.44. The summed E-state index contributed by atoms with van der Waals surface area (Å²) >= 11 is 0. The van der Waals surface area contributed by atoms with Gasteiger partial charge < -0.3 is 4.90 Å². The Kier molecular flexibility index (Phi) is 22.1. The molecule has 0 heterocycles. The van der Waals surface area contributed by atoms with E-state index in [1.165, 1.54) is 103 Å². The summed E-state index contributed by atoms with van der Waals surface area (Å²) < 4.78 is 0. The standard InChI is InChI=1S/C25H47NO/c1-3-5-7-9-11-13-15-18-22-26(24-20-17-21-25-27)23-19-16-14-12-10-8-6-4-2/h17,20-21,24-25H,3-16,18-19,22-23H2,1-2H3/b21-17+,24-20+. The van der Waals surface area contributed by atoms with Crippen LogP contribution in [-0.2, 0) is 4.79 Å². The monoisotopic (exact) mass is 377 g/mol. The predicted octanol–water partition coefficient (Wildman–Crippen LogP) is 7.84. The summed E-state index contributed by atoms with van der Waals surface area (Å²) in [6, 6.07) is 0. The Balaban J connectivity index is 3.85. The van der Waals surface area contributed by atoms with Crippen molar-refractivity contribution in [3.05, 3.63) is 24.4 Å². The Morgan fingerprint density at radius 2 is 0.926 bits per heavy atom. The number of unbranched alkanes of at least 4 members (excludes halogenated alkanes) is 14. The number of hydrogen-bond donors (Lipinski definition) is 0. The van der Waals surface area contributed by atoms with E-state index in [2.05, 4.69) is 24.9 Å². The Morgan fingerprint density at radius 3 is 1.33 bits per heavy atom. The van der Waals surface area contributed by atoms with Crippen LogP contribution >= 0.6 is 0 Å². The van der Waals surface area contributed by atoms with Gasteiger partial charge in [0.05, 0.1) is 0 Å². The SMILES string of the molecule is CCCCCCCCCCN(/C=C/C=C/C=O)CCCCCCCCCC. The van der Waals surface area contributed by atoms with E-state index in [4.69, 9.17) is 0 Å². The summed E-state index contributed by atoms with van der Waals surface area (Å²) in [6.45, 7) is 6.85. The molecular formula is C25H47NO. The molecule has 0 aliphatic carbocycles. The molecule has 0 aliphatic heterocycles. The highest BCUT2D eigenvalue weighted by Crippen LogP contribution is 2.11. The fraction of sp³-hybridized carbons (Fsp3) is 0.800. The number of hydrogen-bond acceptors (Lipinski definition) is 2. The predicted molar refractivity (Wildman–Crippen MR) is 121 cm³/mol. The first kappa shape index (κ1) is 26.0. The zero-order chi connectivity index (χ0) is 19.8. The maximum atomic E-state index is 10.4. The summed E-state index contributed by atoms with van der Waals surface area (Å²) in [4.78, 5) is 12.8. The zero-order valence-electron chi connectivity index (χ0n) is 18.5. The van der Waals surface area contributed by atoms with Crippen molar-refractivity contribution in [2.24, 2.45) is 0 Å². The van der Waals surface area contributed by atoms with Crippen molar-refractivity contribution in [1.29, 1.82) is 0 Å². The topological polar surface area (TPSA) is 20.3 Å². The molecule has 2 nitrogen and oxygen atoms in total. The van der Waals surface area contributed by atoms with Crippen LogP contribution in [0.15, 0.2) is 24.4 Å². The van der Waals surface area contributed by atoms with Crippen molar-refractivity contribution in [3.63, 3.8) is 0 Å². The normalized spacial score (nSPS) is 11.6. The molecule has 0 unspecified atom stereocenters. The molecule has 0 radical (unpaired) electrons. The van der Waals surface area contributed by atoms with E-state index in [9.17, 15) is 4.79 Å². The number of nitrogens with zero attached hydrogens (tertiary/aromatic N) is 1. The number of carbonyl (C=O) groups is 1. The van der Waals surface area contributed by atoms with Crippen LogP contribution in [0, 0.1) is 0 Å². The Bertz CT molecular complexity index is 328. The molecule has 0 bridgehead atoms. The van der Waals surface area contributed by atoms with Crippen molar-refractivity contribution >= 4 is 6.29 Å². The van der Waals surface area contributed by atoms with Gasteiger partial charge in [-0.25, -0.2) is 0 Å². The largest absolute Gasteiger partial charge is 0.377 e. The molecule has 0 fully saturated rings. The van der Waals surface area contributed by atoms with Crippen molar-refractivity contribution < 1.29 is 4.79 Å². The maximum absolute atomic E-state index is 10.4. The average Bonchev–Trinajstić information content (AvgIpc) is 2.68. The molecule has 0 spiro atoms. The van der Waals surface area contributed by atoms with Crippen molar-refractivity contribution in [2.45, 2.75) is 117 Å². The number of rotatable bonds is 21. The number of carbonyl (C=O) groups excluding carboxylic acids is 1. The third-order valence-electron chi connectivity index (χ3n) is 5.20. The molecule has 2 heteroatoms. The van der Waals surface area contributed by atoms with Crippen LogP contribution in [0.1, 0.15) is 117 Å². The molecule has 0 amide bonds. The van der Waals surface area contributed by atoms with Gasteiger partial charge in [-0.2, -0.15) is 0 Å². The van der Waals surface area contributed by atoms with E-state index in [-0.39, 0.29) is 0 Å². The summed E-state index contributed by atoms with van der Waals surface area (Å²) in [7, 11) is 0. The molecule has 158 valence electrons. The molecular weight excluding hydrogens is 330 g/mol. The van der Waals surface area contributed by atoms with Gasteiger partial charge in [-0.1, -0.05) is 110 Å². The van der Waals surface area contributed by atoms with Crippen molar-refractivity contribution in [2.75, 3.05) is 13.1 Å². The van der Waals surface area contributed by atoms with Crippen LogP contribution in [0.4, 0.5) is 0 Å². The second kappa shape index (κ2) is 23.0. The van der Waals surface area contributed by atoms with Crippen LogP contribution in [0.25, 0.3) is 0 Å². The van der Waals surface area contributed by atoms with E-state index < -0.39 is 0 Å². The van der Waals surface area contributed by atoms with Crippen molar-refractivity contribution in [1.82, 2.24) is 4.90 Å². The van der Waals surface area contributed by atoms with E-state index >= 15 is 0 Å². The molecule has 0 saturated heterocycles. The smallest absolute Gasteiger partial charge is 0.142 e. The van der Waals surface area contributed by atoms with Crippen LogP contribution in [0.5, 0.6) is 0 Å². The molecule has 27 heavy (non-hydrogen) atoms. The lowest BCUT2D eigenvalue weighted by Crippen LogP contribution is -2.20. The lowest BCUT2D eigenvalue weighted by Gasteiger charge is -2.20. The Labute approximate surface area is 170 Å². The fourth-order valence-corrected chi connectivity index (χ4v) is 3.44. The van der Waals surface area contributed by atoms with Gasteiger partial charge in [0.1, 0.15) is 6.29 Å². The second-order valence-corrected chi connectivity index (χ2v) is 7.85. The number of aldehydes is 1. The first-order chi connectivity index (χ1) is 13.3. The average molecular weight is 378 g/mol. The lowest BCUT2D eigenvalue weighted by molar-refractivity contribution is -0.104. The van der Waals surface area contributed by atoms with Gasteiger partial charge >= 0.3 is 0 Å².